The third kappa shape index (κ3) is 4.46. The van der Waals surface area contributed by atoms with Crippen molar-refractivity contribution in [3.63, 3.8) is 0 Å². The maximum absolute atomic E-state index is 13.4. The second kappa shape index (κ2) is 8.19. The molecule has 29 heavy (non-hydrogen) atoms. The second-order valence-electron chi connectivity index (χ2n) is 5.85. The van der Waals surface area contributed by atoms with Crippen molar-refractivity contribution in [2.24, 2.45) is 7.05 Å². The first kappa shape index (κ1) is 20.1. The van der Waals surface area contributed by atoms with Crippen LogP contribution >= 0.6 is 11.6 Å². The van der Waals surface area contributed by atoms with Crippen molar-refractivity contribution < 1.29 is 23.8 Å². The van der Waals surface area contributed by atoms with Gasteiger partial charge in [-0.05, 0) is 25.1 Å². The summed E-state index contributed by atoms with van der Waals surface area (Å²) in [6, 6.07) is 3.91. The van der Waals surface area contributed by atoms with E-state index in [1.54, 1.807) is 0 Å². The van der Waals surface area contributed by atoms with E-state index in [1.165, 1.54) is 30.8 Å². The Hall–Kier alpha value is -3.60. The van der Waals surface area contributed by atoms with Gasteiger partial charge in [0.2, 0.25) is 0 Å². The van der Waals surface area contributed by atoms with Crippen LogP contribution in [-0.2, 0) is 11.8 Å². The lowest BCUT2D eigenvalue weighted by Gasteiger charge is -2.15. The third-order valence-corrected chi connectivity index (χ3v) is 4.17. The van der Waals surface area contributed by atoms with Crippen LogP contribution in [-0.4, -0.2) is 42.1 Å². The molecule has 0 aliphatic carbocycles. The molecule has 3 aromatic heterocycles. The largest absolute Gasteiger partial charge is 0.478 e. The number of carbonyl (C=O) groups is 2. The van der Waals surface area contributed by atoms with Crippen LogP contribution in [0.5, 0.6) is 0 Å². The quantitative estimate of drug-likeness (QED) is 0.602. The van der Waals surface area contributed by atoms with Crippen molar-refractivity contribution in [2.75, 3.05) is 5.32 Å². The molecule has 3 heterocycles. The van der Waals surface area contributed by atoms with Gasteiger partial charge in [-0.25, -0.2) is 23.6 Å². The number of anilines is 1. The number of pyridine rings is 2. The molecule has 10 nitrogen and oxygen atoms in total. The number of ether oxygens (including phenoxy) is 1. The zero-order chi connectivity index (χ0) is 21.1. The first-order chi connectivity index (χ1) is 13.8. The number of aryl methyl sites for hydroxylation is 1. The lowest BCUT2D eigenvalue weighted by molar-refractivity contribution is 0.0696. The summed E-state index contributed by atoms with van der Waals surface area (Å²) in [5.74, 6) is -1.57. The number of hydrogen-bond acceptors (Lipinski definition) is 7. The van der Waals surface area contributed by atoms with E-state index in [2.05, 4.69) is 25.6 Å². The monoisotopic (exact) mass is 420 g/mol. The molecule has 150 valence electrons. The van der Waals surface area contributed by atoms with Gasteiger partial charge in [-0.2, -0.15) is 0 Å². The molecule has 3 aromatic rings. The Balaban J connectivity index is 1.78. The highest BCUT2D eigenvalue weighted by Gasteiger charge is 2.21. The number of carboxylic acids is 1. The van der Waals surface area contributed by atoms with E-state index >= 15 is 0 Å². The normalized spacial score (nSPS) is 11.7. The summed E-state index contributed by atoms with van der Waals surface area (Å²) in [6.45, 7) is 1.51. The second-order valence-corrected chi connectivity index (χ2v) is 6.21. The Bertz CT molecular complexity index is 1070. The fourth-order valence-electron chi connectivity index (χ4n) is 2.40. The molecule has 0 saturated heterocycles. The molecule has 1 atom stereocenters. The molecular formula is C17H14ClFN6O4. The minimum absolute atomic E-state index is 0.000894. The van der Waals surface area contributed by atoms with Crippen LogP contribution in [0.25, 0.3) is 11.4 Å². The number of aromatic nitrogens is 5. The molecule has 1 amide bonds. The smallest absolute Gasteiger partial charge is 0.413 e. The van der Waals surface area contributed by atoms with Gasteiger partial charge in [-0.15, -0.1) is 5.10 Å². The van der Waals surface area contributed by atoms with Crippen LogP contribution in [0.1, 0.15) is 28.9 Å². The van der Waals surface area contributed by atoms with Crippen molar-refractivity contribution >= 4 is 29.5 Å². The molecule has 0 bridgehead atoms. The standard InChI is InChI=1S/C17H14ClFN6O4/c1-8(11-5-10(19)7-21-14(11)18)29-17(28)22-15-13(23-24-25(15)2)12-4-3-9(6-20-12)16(26)27/h3-8H,1-2H3,(H,22,28)(H,26,27). The van der Waals surface area contributed by atoms with Gasteiger partial charge in [-0.3, -0.25) is 10.3 Å². The number of nitrogens with one attached hydrogen (secondary N) is 1. The summed E-state index contributed by atoms with van der Waals surface area (Å²) in [5, 5.41) is 19.2. The van der Waals surface area contributed by atoms with Gasteiger partial charge in [0.25, 0.3) is 0 Å². The highest BCUT2D eigenvalue weighted by Crippen LogP contribution is 2.27. The SMILES string of the molecule is CC(OC(=O)Nc1c(-c2ccc(C(=O)O)cn2)nnn1C)c1cc(F)cnc1Cl. The first-order valence-electron chi connectivity index (χ1n) is 8.14. The van der Waals surface area contributed by atoms with Crippen molar-refractivity contribution in [2.45, 2.75) is 13.0 Å². The summed E-state index contributed by atoms with van der Waals surface area (Å²) >= 11 is 5.92. The van der Waals surface area contributed by atoms with Crippen LogP contribution in [0.3, 0.4) is 0 Å². The van der Waals surface area contributed by atoms with Gasteiger partial charge in [-0.1, -0.05) is 16.8 Å². The Labute approximate surface area is 168 Å². The maximum Gasteiger partial charge on any atom is 0.413 e. The van der Waals surface area contributed by atoms with E-state index in [-0.39, 0.29) is 27.8 Å². The van der Waals surface area contributed by atoms with E-state index in [0.717, 1.165) is 18.5 Å². The molecule has 12 heteroatoms. The summed E-state index contributed by atoms with van der Waals surface area (Å²) in [7, 11) is 1.54. The lowest BCUT2D eigenvalue weighted by Crippen LogP contribution is -2.18. The highest BCUT2D eigenvalue weighted by molar-refractivity contribution is 6.30. The predicted molar refractivity (Wildman–Crippen MR) is 98.9 cm³/mol. The minimum Gasteiger partial charge on any atom is -0.478 e. The molecule has 3 rings (SSSR count). The summed E-state index contributed by atoms with van der Waals surface area (Å²) < 4.78 is 19.9. The first-order valence-corrected chi connectivity index (χ1v) is 8.52. The van der Waals surface area contributed by atoms with E-state index in [9.17, 15) is 14.0 Å². The highest BCUT2D eigenvalue weighted by atomic mass is 35.5. The summed E-state index contributed by atoms with van der Waals surface area (Å²) in [6.07, 6.45) is 0.361. The van der Waals surface area contributed by atoms with E-state index in [0.29, 0.717) is 5.69 Å². The maximum atomic E-state index is 13.4. The van der Waals surface area contributed by atoms with Crippen LogP contribution < -0.4 is 5.32 Å². The fraction of sp³-hybridized carbons (Fsp3) is 0.176. The van der Waals surface area contributed by atoms with Gasteiger partial charge in [0, 0.05) is 18.8 Å². The van der Waals surface area contributed by atoms with Gasteiger partial charge in [0.05, 0.1) is 17.5 Å². The topological polar surface area (TPSA) is 132 Å². The van der Waals surface area contributed by atoms with E-state index < -0.39 is 24.0 Å². The van der Waals surface area contributed by atoms with Crippen molar-refractivity contribution in [3.05, 3.63) is 52.7 Å². The number of nitrogens with zero attached hydrogens (tertiary/aromatic N) is 5. The Morgan fingerprint density at radius 2 is 2.07 bits per heavy atom. The third-order valence-electron chi connectivity index (χ3n) is 3.85. The lowest BCUT2D eigenvalue weighted by atomic mass is 10.2. The Kier molecular flexibility index (Phi) is 5.69. The molecule has 1 unspecified atom stereocenters. The molecular weight excluding hydrogens is 407 g/mol. The summed E-state index contributed by atoms with van der Waals surface area (Å²) in [4.78, 5) is 31.0. The number of rotatable bonds is 5. The number of carbonyl (C=O) groups excluding carboxylic acids is 1. The predicted octanol–water partition coefficient (Wildman–Crippen LogP) is 3.07. The van der Waals surface area contributed by atoms with Crippen LogP contribution in [0, 0.1) is 5.82 Å². The Morgan fingerprint density at radius 3 is 2.72 bits per heavy atom. The van der Waals surface area contributed by atoms with E-state index in [4.69, 9.17) is 21.4 Å². The minimum atomic E-state index is -1.12. The van der Waals surface area contributed by atoms with Crippen LogP contribution in [0.15, 0.2) is 30.6 Å². The van der Waals surface area contributed by atoms with Gasteiger partial charge >= 0.3 is 12.1 Å². The van der Waals surface area contributed by atoms with Crippen molar-refractivity contribution in [3.8, 4) is 11.4 Å². The Morgan fingerprint density at radius 1 is 1.31 bits per heavy atom. The molecule has 0 fully saturated rings. The molecule has 0 spiro atoms. The van der Waals surface area contributed by atoms with Crippen LogP contribution in [0.2, 0.25) is 5.15 Å². The molecule has 2 N–H and O–H groups in total. The van der Waals surface area contributed by atoms with Gasteiger partial charge in [0.1, 0.15) is 17.1 Å². The average Bonchev–Trinajstić information content (AvgIpc) is 3.04. The number of carboxylic acid groups (broad SMARTS) is 1. The molecule has 0 radical (unpaired) electrons. The number of amides is 1. The number of hydrogen-bond donors (Lipinski definition) is 2. The molecule has 0 aliphatic heterocycles. The summed E-state index contributed by atoms with van der Waals surface area (Å²) in [5.41, 5.74) is 0.709. The fourth-order valence-corrected chi connectivity index (χ4v) is 2.66. The number of aromatic carboxylic acids is 1. The molecule has 0 saturated carbocycles. The zero-order valence-corrected chi connectivity index (χ0v) is 15.9. The van der Waals surface area contributed by atoms with Crippen LogP contribution in [0.4, 0.5) is 15.0 Å². The zero-order valence-electron chi connectivity index (χ0n) is 15.1. The van der Waals surface area contributed by atoms with Gasteiger partial charge in [0.15, 0.2) is 11.5 Å². The van der Waals surface area contributed by atoms with Crippen molar-refractivity contribution in [1.82, 2.24) is 25.0 Å². The molecule has 0 aromatic carbocycles. The van der Waals surface area contributed by atoms with E-state index in [1.807, 2.05) is 0 Å². The number of halogens is 2. The molecule has 0 aliphatic rings. The van der Waals surface area contributed by atoms with Crippen molar-refractivity contribution in [1.29, 1.82) is 0 Å². The van der Waals surface area contributed by atoms with Gasteiger partial charge < -0.3 is 9.84 Å². The average molecular weight is 421 g/mol.